The van der Waals surface area contributed by atoms with Gasteiger partial charge in [-0.2, -0.15) is 0 Å². The summed E-state index contributed by atoms with van der Waals surface area (Å²) in [5.74, 6) is -0.278. The third kappa shape index (κ3) is 3.09. The second-order valence-corrected chi connectivity index (χ2v) is 5.55. The summed E-state index contributed by atoms with van der Waals surface area (Å²) in [5.41, 5.74) is 8.92. The smallest absolute Gasteiger partial charge is 0.138 e. The molecule has 0 atom stereocenters. The van der Waals surface area contributed by atoms with Crippen LogP contribution in [0.2, 0.25) is 0 Å². The highest BCUT2D eigenvalue weighted by Crippen LogP contribution is 2.31. The monoisotopic (exact) mass is 371 g/mol. The molecule has 3 N–H and O–H groups in total. The first-order valence-electron chi connectivity index (χ1n) is 5.77. The Morgan fingerprint density at radius 2 is 1.84 bits per heavy atom. The molecule has 3 nitrogen and oxygen atoms in total. The summed E-state index contributed by atoms with van der Waals surface area (Å²) in [4.78, 5) is 1.99. The number of nitrogens with one attached hydrogen (secondary N) is 1. The van der Waals surface area contributed by atoms with Crippen molar-refractivity contribution in [2.24, 2.45) is 0 Å². The van der Waals surface area contributed by atoms with Gasteiger partial charge in [-0.3, -0.25) is 0 Å². The van der Waals surface area contributed by atoms with E-state index in [4.69, 9.17) is 5.73 Å². The largest absolute Gasteiger partial charge is 0.397 e. The first kappa shape index (κ1) is 13.9. The number of nitrogens with zero attached hydrogens (tertiary/aromatic N) is 1. The Bertz CT molecular complexity index is 599. The van der Waals surface area contributed by atoms with Crippen LogP contribution in [0.1, 0.15) is 0 Å². The standard InChI is InChI=1S/C14H15FIN3/c1-19(2)14-6-4-3-5-12(14)18-13-7-9(15)10(16)8-11(13)17/h3-8,18H,17H2,1-2H3. The minimum absolute atomic E-state index is 0.278. The van der Waals surface area contributed by atoms with E-state index < -0.39 is 0 Å². The van der Waals surface area contributed by atoms with Gasteiger partial charge in [0.05, 0.1) is 26.3 Å². The van der Waals surface area contributed by atoms with Gasteiger partial charge >= 0.3 is 0 Å². The SMILES string of the molecule is CN(C)c1ccccc1Nc1cc(F)c(I)cc1N. The van der Waals surface area contributed by atoms with Crippen LogP contribution in [0.4, 0.5) is 27.1 Å². The average Bonchev–Trinajstić information content (AvgIpc) is 2.36. The molecule has 2 aromatic carbocycles. The molecular formula is C14H15FIN3. The predicted molar refractivity (Wildman–Crippen MR) is 87.6 cm³/mol. The van der Waals surface area contributed by atoms with Gasteiger partial charge in [-0.15, -0.1) is 0 Å². The fourth-order valence-electron chi connectivity index (χ4n) is 1.78. The van der Waals surface area contributed by atoms with Crippen molar-refractivity contribution in [3.63, 3.8) is 0 Å². The topological polar surface area (TPSA) is 41.3 Å². The van der Waals surface area contributed by atoms with Crippen LogP contribution in [0.25, 0.3) is 0 Å². The Kier molecular flexibility index (Phi) is 4.14. The minimum atomic E-state index is -0.278. The Hall–Kier alpha value is -1.50. The molecule has 0 heterocycles. The molecular weight excluding hydrogens is 356 g/mol. The summed E-state index contributed by atoms with van der Waals surface area (Å²) in [6, 6.07) is 10.8. The molecule has 2 aromatic rings. The number of rotatable bonds is 3. The van der Waals surface area contributed by atoms with E-state index in [1.54, 1.807) is 6.07 Å². The molecule has 0 saturated heterocycles. The molecule has 0 spiro atoms. The fraction of sp³-hybridized carbons (Fsp3) is 0.143. The van der Waals surface area contributed by atoms with E-state index in [1.807, 2.05) is 65.9 Å². The van der Waals surface area contributed by atoms with Gasteiger partial charge in [0.25, 0.3) is 0 Å². The Morgan fingerprint density at radius 1 is 1.16 bits per heavy atom. The van der Waals surface area contributed by atoms with Gasteiger partial charge in [-0.05, 0) is 40.8 Å². The van der Waals surface area contributed by atoms with Crippen LogP contribution in [0.5, 0.6) is 0 Å². The summed E-state index contributed by atoms with van der Waals surface area (Å²) >= 11 is 1.92. The molecule has 100 valence electrons. The van der Waals surface area contributed by atoms with E-state index in [-0.39, 0.29) is 5.82 Å². The summed E-state index contributed by atoms with van der Waals surface area (Å²) in [6.45, 7) is 0. The summed E-state index contributed by atoms with van der Waals surface area (Å²) in [7, 11) is 3.91. The highest BCUT2D eigenvalue weighted by atomic mass is 127. The zero-order chi connectivity index (χ0) is 14.0. The molecule has 2 rings (SSSR count). The molecule has 0 unspecified atom stereocenters. The van der Waals surface area contributed by atoms with E-state index >= 15 is 0 Å². The van der Waals surface area contributed by atoms with Crippen LogP contribution in [-0.2, 0) is 0 Å². The molecule has 0 aliphatic heterocycles. The number of anilines is 4. The first-order valence-corrected chi connectivity index (χ1v) is 6.85. The second kappa shape index (κ2) is 5.64. The number of nitrogens with two attached hydrogens (primary N) is 1. The molecule has 0 radical (unpaired) electrons. The highest BCUT2D eigenvalue weighted by molar-refractivity contribution is 14.1. The third-order valence-corrected chi connectivity index (χ3v) is 3.57. The maximum atomic E-state index is 13.6. The molecule has 0 amide bonds. The summed E-state index contributed by atoms with van der Waals surface area (Å²) < 4.78 is 14.1. The number of benzene rings is 2. The van der Waals surface area contributed by atoms with Crippen molar-refractivity contribution < 1.29 is 4.39 Å². The molecule has 0 aliphatic rings. The highest BCUT2D eigenvalue weighted by Gasteiger charge is 2.09. The lowest BCUT2D eigenvalue weighted by Crippen LogP contribution is -2.11. The van der Waals surface area contributed by atoms with E-state index in [0.29, 0.717) is 14.9 Å². The Balaban J connectivity index is 2.39. The van der Waals surface area contributed by atoms with Gasteiger partial charge in [0.1, 0.15) is 5.82 Å². The maximum absolute atomic E-state index is 13.6. The maximum Gasteiger partial charge on any atom is 0.138 e. The van der Waals surface area contributed by atoms with Crippen molar-refractivity contribution in [3.8, 4) is 0 Å². The van der Waals surface area contributed by atoms with Crippen LogP contribution >= 0.6 is 22.6 Å². The van der Waals surface area contributed by atoms with Gasteiger partial charge in [-0.1, -0.05) is 12.1 Å². The Labute approximate surface area is 125 Å². The van der Waals surface area contributed by atoms with Gasteiger partial charge in [0.2, 0.25) is 0 Å². The molecule has 0 fully saturated rings. The predicted octanol–water partition coefficient (Wildman–Crippen LogP) is 3.82. The van der Waals surface area contributed by atoms with Crippen molar-refractivity contribution in [3.05, 3.63) is 45.8 Å². The minimum Gasteiger partial charge on any atom is -0.397 e. The van der Waals surface area contributed by atoms with Crippen LogP contribution in [0.15, 0.2) is 36.4 Å². The van der Waals surface area contributed by atoms with Crippen LogP contribution in [0, 0.1) is 9.39 Å². The van der Waals surface area contributed by atoms with Crippen molar-refractivity contribution in [2.45, 2.75) is 0 Å². The lowest BCUT2D eigenvalue weighted by molar-refractivity contribution is 0.621. The van der Waals surface area contributed by atoms with E-state index in [9.17, 15) is 4.39 Å². The molecule has 0 aromatic heterocycles. The zero-order valence-corrected chi connectivity index (χ0v) is 12.9. The van der Waals surface area contributed by atoms with Crippen molar-refractivity contribution in [1.82, 2.24) is 0 Å². The van der Waals surface area contributed by atoms with Crippen LogP contribution in [-0.4, -0.2) is 14.1 Å². The average molecular weight is 371 g/mol. The molecule has 0 bridgehead atoms. The van der Waals surface area contributed by atoms with E-state index in [1.165, 1.54) is 6.07 Å². The number of hydrogen-bond donors (Lipinski definition) is 2. The number of nitrogen functional groups attached to an aromatic ring is 1. The van der Waals surface area contributed by atoms with Crippen molar-refractivity contribution >= 4 is 45.3 Å². The third-order valence-electron chi connectivity index (χ3n) is 2.75. The quantitative estimate of drug-likeness (QED) is 0.637. The molecule has 5 heteroatoms. The number of para-hydroxylation sites is 2. The van der Waals surface area contributed by atoms with Gasteiger partial charge in [-0.25, -0.2) is 4.39 Å². The van der Waals surface area contributed by atoms with Crippen LogP contribution in [0.3, 0.4) is 0 Å². The van der Waals surface area contributed by atoms with Crippen LogP contribution < -0.4 is 16.0 Å². The number of halogens is 2. The van der Waals surface area contributed by atoms with Crippen molar-refractivity contribution in [1.29, 1.82) is 0 Å². The van der Waals surface area contributed by atoms with Gasteiger partial charge < -0.3 is 16.0 Å². The molecule has 0 saturated carbocycles. The number of hydrogen-bond acceptors (Lipinski definition) is 3. The molecule has 19 heavy (non-hydrogen) atoms. The lowest BCUT2D eigenvalue weighted by Gasteiger charge is -2.19. The van der Waals surface area contributed by atoms with E-state index in [0.717, 1.165) is 11.4 Å². The van der Waals surface area contributed by atoms with Crippen molar-refractivity contribution in [2.75, 3.05) is 30.0 Å². The summed E-state index contributed by atoms with van der Waals surface area (Å²) in [6.07, 6.45) is 0. The first-order chi connectivity index (χ1) is 8.99. The normalized spacial score (nSPS) is 10.3. The van der Waals surface area contributed by atoms with E-state index in [2.05, 4.69) is 5.32 Å². The fourth-order valence-corrected chi connectivity index (χ4v) is 2.28. The molecule has 0 aliphatic carbocycles. The second-order valence-electron chi connectivity index (χ2n) is 4.39. The van der Waals surface area contributed by atoms with Gasteiger partial charge in [0.15, 0.2) is 0 Å². The Morgan fingerprint density at radius 3 is 2.53 bits per heavy atom. The van der Waals surface area contributed by atoms with Gasteiger partial charge in [0, 0.05) is 20.2 Å². The zero-order valence-electron chi connectivity index (χ0n) is 10.7. The summed E-state index contributed by atoms with van der Waals surface area (Å²) in [5, 5.41) is 3.18. The lowest BCUT2D eigenvalue weighted by atomic mass is 10.2.